The Kier molecular flexibility index (Phi) is 10.7. The number of hydrogen-bond donors (Lipinski definition) is 0. The monoisotopic (exact) mass is 549 g/mol. The fourth-order valence-electron chi connectivity index (χ4n) is 5.35. The largest absolute Gasteiger partial charge is 0.492 e. The van der Waals surface area contributed by atoms with Gasteiger partial charge in [0.1, 0.15) is 23.1 Å². The fourth-order valence-corrected chi connectivity index (χ4v) is 7.96. The summed E-state index contributed by atoms with van der Waals surface area (Å²) in [5.74, 6) is 3.05. The van der Waals surface area contributed by atoms with E-state index in [1.807, 2.05) is 30.3 Å². The zero-order valence-electron chi connectivity index (χ0n) is 22.8. The van der Waals surface area contributed by atoms with Crippen molar-refractivity contribution < 1.29 is 14.3 Å². The van der Waals surface area contributed by atoms with Crippen LogP contribution in [0.5, 0.6) is 11.5 Å². The van der Waals surface area contributed by atoms with Crippen molar-refractivity contribution in [1.82, 2.24) is 0 Å². The minimum absolute atomic E-state index is 0.177. The molecule has 2 bridgehead atoms. The molecule has 4 nitrogen and oxygen atoms in total. The normalized spacial score (nSPS) is 21.2. The molecule has 2 aromatic carbocycles. The first-order valence-electron chi connectivity index (χ1n) is 14.1. The van der Waals surface area contributed by atoms with E-state index < -0.39 is 0 Å². The Balaban J connectivity index is 1.67. The summed E-state index contributed by atoms with van der Waals surface area (Å²) in [7, 11) is 0. The lowest BCUT2D eigenvalue weighted by Crippen LogP contribution is -2.19. The highest BCUT2D eigenvalue weighted by atomic mass is 32.2. The van der Waals surface area contributed by atoms with Gasteiger partial charge in [0.15, 0.2) is 0 Å². The molecule has 2 aromatic rings. The molecule has 0 radical (unpaired) electrons. The van der Waals surface area contributed by atoms with Crippen molar-refractivity contribution in [2.45, 2.75) is 81.9 Å². The van der Waals surface area contributed by atoms with Crippen LogP contribution in [0.15, 0.2) is 62.1 Å². The third-order valence-corrected chi connectivity index (χ3v) is 9.99. The molecular formula is C32H39NO3S2. The Morgan fingerprint density at radius 3 is 1.89 bits per heavy atom. The number of carbonyl (C=O) groups excluding carboxylic acids is 1. The Labute approximate surface area is 236 Å². The molecule has 0 amide bonds. The minimum Gasteiger partial charge on any atom is -0.492 e. The van der Waals surface area contributed by atoms with Gasteiger partial charge < -0.3 is 9.47 Å². The van der Waals surface area contributed by atoms with Crippen LogP contribution in [0.3, 0.4) is 0 Å². The van der Waals surface area contributed by atoms with Gasteiger partial charge in [0.05, 0.1) is 27.2 Å². The molecule has 4 rings (SSSR count). The summed E-state index contributed by atoms with van der Waals surface area (Å²) in [6.45, 7) is 8.26. The predicted molar refractivity (Wildman–Crippen MR) is 157 cm³/mol. The van der Waals surface area contributed by atoms with Crippen LogP contribution in [0.4, 0.5) is 0 Å². The molecule has 38 heavy (non-hydrogen) atoms. The van der Waals surface area contributed by atoms with Crippen molar-refractivity contribution in [3.8, 4) is 17.6 Å². The number of nitrogens with zero attached hydrogens (tertiary/aromatic N) is 1. The van der Waals surface area contributed by atoms with E-state index in [1.54, 1.807) is 12.1 Å². The lowest BCUT2D eigenvalue weighted by atomic mass is 9.85. The summed E-state index contributed by atoms with van der Waals surface area (Å²) in [4.78, 5) is 15.1. The number of ketones is 1. The molecule has 0 saturated heterocycles. The number of nitriles is 1. The molecule has 2 heterocycles. The van der Waals surface area contributed by atoms with Gasteiger partial charge in [-0.2, -0.15) is 5.26 Å². The molecule has 0 saturated carbocycles. The number of rotatable bonds is 8. The SMILES string of the molecule is CCCCC1COc2ccc(c3c2SC(=C(C#N)C(=O)c2ccccc2)S3)OCC(CCCC)CC(C)C1. The zero-order valence-corrected chi connectivity index (χ0v) is 24.5. The maximum atomic E-state index is 13.2. The first-order valence-corrected chi connectivity index (χ1v) is 15.7. The zero-order chi connectivity index (χ0) is 26.9. The molecule has 0 spiro atoms. The highest BCUT2D eigenvalue weighted by molar-refractivity contribution is 8.24. The molecule has 0 N–H and O–H groups in total. The van der Waals surface area contributed by atoms with Gasteiger partial charge >= 0.3 is 0 Å². The van der Waals surface area contributed by atoms with Crippen LogP contribution >= 0.6 is 23.5 Å². The second-order valence-corrected chi connectivity index (χ2v) is 12.9. The highest BCUT2D eigenvalue weighted by Crippen LogP contribution is 2.59. The molecule has 2 aliphatic rings. The molecule has 6 heteroatoms. The lowest BCUT2D eigenvalue weighted by Gasteiger charge is -2.25. The van der Waals surface area contributed by atoms with E-state index >= 15 is 0 Å². The van der Waals surface area contributed by atoms with Gasteiger partial charge in [-0.25, -0.2) is 0 Å². The summed E-state index contributed by atoms with van der Waals surface area (Å²) in [6, 6.07) is 15.2. The van der Waals surface area contributed by atoms with Gasteiger partial charge in [-0.1, -0.05) is 100 Å². The second-order valence-electron chi connectivity index (χ2n) is 10.6. The van der Waals surface area contributed by atoms with Gasteiger partial charge in [-0.3, -0.25) is 4.79 Å². The Hall–Kier alpha value is -2.36. The van der Waals surface area contributed by atoms with Crippen molar-refractivity contribution in [2.24, 2.45) is 17.8 Å². The maximum Gasteiger partial charge on any atom is 0.205 e. The summed E-state index contributed by atoms with van der Waals surface area (Å²) in [5.41, 5.74) is 0.700. The van der Waals surface area contributed by atoms with E-state index in [4.69, 9.17) is 9.47 Å². The van der Waals surface area contributed by atoms with E-state index in [-0.39, 0.29) is 11.4 Å². The summed E-state index contributed by atoms with van der Waals surface area (Å²) in [6.07, 6.45) is 9.49. The van der Waals surface area contributed by atoms with Gasteiger partial charge in [-0.15, -0.1) is 0 Å². The topological polar surface area (TPSA) is 59.3 Å². The molecule has 202 valence electrons. The van der Waals surface area contributed by atoms with Gasteiger partial charge in [0.25, 0.3) is 0 Å². The van der Waals surface area contributed by atoms with E-state index in [2.05, 4.69) is 26.8 Å². The summed E-state index contributed by atoms with van der Waals surface area (Å²) >= 11 is 2.94. The number of benzene rings is 2. The van der Waals surface area contributed by atoms with Gasteiger partial charge in [-0.05, 0) is 55.6 Å². The first kappa shape index (κ1) is 28.6. The van der Waals surface area contributed by atoms with Gasteiger partial charge in [0, 0.05) is 5.56 Å². The third-order valence-electron chi connectivity index (χ3n) is 7.36. The van der Waals surface area contributed by atoms with E-state index in [9.17, 15) is 10.1 Å². The number of hydrogen-bond acceptors (Lipinski definition) is 6. The second kappa shape index (κ2) is 14.1. The molecule has 0 fully saturated rings. The third kappa shape index (κ3) is 7.18. The van der Waals surface area contributed by atoms with Crippen LogP contribution in [0.25, 0.3) is 0 Å². The number of fused-ring (bicyclic) bond motifs is 6. The lowest BCUT2D eigenvalue weighted by molar-refractivity contribution is 0.103. The Morgan fingerprint density at radius 1 is 0.895 bits per heavy atom. The summed E-state index contributed by atoms with van der Waals surface area (Å²) in [5, 5.41) is 10.00. The highest BCUT2D eigenvalue weighted by Gasteiger charge is 2.32. The maximum absolute atomic E-state index is 13.2. The Morgan fingerprint density at radius 2 is 1.42 bits per heavy atom. The smallest absolute Gasteiger partial charge is 0.205 e. The average Bonchev–Trinajstić information content (AvgIpc) is 3.38. The van der Waals surface area contributed by atoms with Crippen molar-refractivity contribution in [3.05, 3.63) is 57.8 Å². The number of thioether (sulfide) groups is 2. The summed E-state index contributed by atoms with van der Waals surface area (Å²) < 4.78 is 13.7. The molecular weight excluding hydrogens is 510 g/mol. The standard InChI is InChI=1S/C32H39NO3S2/c1-4-6-11-23-17-22(3)18-24(12-7-5-2)21-36-28-16-15-27(35-20-23)30-31(28)38-32(37-30)26(19-33)29(34)25-13-9-8-10-14-25/h8-10,13-16,22-24H,4-7,11-12,17-18,20-21H2,1-3H3. The molecule has 2 aliphatic heterocycles. The van der Waals surface area contributed by atoms with Gasteiger partial charge in [0.2, 0.25) is 5.78 Å². The molecule has 2 atom stereocenters. The van der Waals surface area contributed by atoms with Crippen LogP contribution in [0, 0.1) is 29.1 Å². The fraction of sp³-hybridized carbons (Fsp3) is 0.500. The molecule has 2 unspecified atom stereocenters. The number of allylic oxidation sites excluding steroid dienone is 1. The van der Waals surface area contributed by atoms with Crippen molar-refractivity contribution in [3.63, 3.8) is 0 Å². The van der Waals surface area contributed by atoms with Crippen LogP contribution in [0.2, 0.25) is 0 Å². The van der Waals surface area contributed by atoms with Crippen molar-refractivity contribution in [2.75, 3.05) is 13.2 Å². The minimum atomic E-state index is -0.247. The van der Waals surface area contributed by atoms with Crippen molar-refractivity contribution in [1.29, 1.82) is 5.26 Å². The predicted octanol–water partition coefficient (Wildman–Crippen LogP) is 9.30. The van der Waals surface area contributed by atoms with E-state index in [0.717, 1.165) is 21.3 Å². The van der Waals surface area contributed by atoms with Crippen LogP contribution in [-0.4, -0.2) is 19.0 Å². The average molecular weight is 550 g/mol. The number of Topliss-reactive ketones (excluding diaryl/α,β-unsaturated/α-hetero) is 1. The number of carbonyl (C=O) groups is 1. The first-order chi connectivity index (χ1) is 18.5. The Bertz CT molecular complexity index is 1120. The molecule has 0 aromatic heterocycles. The van der Waals surface area contributed by atoms with E-state index in [1.165, 1.54) is 74.9 Å². The van der Waals surface area contributed by atoms with Crippen LogP contribution < -0.4 is 9.47 Å². The van der Waals surface area contributed by atoms with E-state index in [0.29, 0.717) is 40.8 Å². The van der Waals surface area contributed by atoms with Crippen LogP contribution in [-0.2, 0) is 0 Å². The quantitative estimate of drug-likeness (QED) is 0.186. The number of ether oxygens (including phenoxy) is 2. The van der Waals surface area contributed by atoms with Crippen molar-refractivity contribution >= 4 is 29.3 Å². The number of unbranched alkanes of at least 4 members (excludes halogenated alkanes) is 2. The van der Waals surface area contributed by atoms with Crippen LogP contribution in [0.1, 0.15) is 82.5 Å². The molecule has 0 aliphatic carbocycles.